The molecule has 0 spiro atoms. The van der Waals surface area contributed by atoms with E-state index in [0.717, 1.165) is 43.7 Å². The summed E-state index contributed by atoms with van der Waals surface area (Å²) in [4.78, 5) is 10.2. The summed E-state index contributed by atoms with van der Waals surface area (Å²) in [6, 6.07) is 40.0. The molecular weight excluding hydrogens is 573 g/mol. The summed E-state index contributed by atoms with van der Waals surface area (Å²) in [5.74, 6) is 0.410. The van der Waals surface area contributed by atoms with Crippen molar-refractivity contribution in [3.05, 3.63) is 158 Å². The van der Waals surface area contributed by atoms with Gasteiger partial charge in [-0.1, -0.05) is 110 Å². The van der Waals surface area contributed by atoms with Gasteiger partial charge in [0.2, 0.25) is 5.95 Å². The van der Waals surface area contributed by atoms with E-state index in [-0.39, 0.29) is 6.05 Å². The summed E-state index contributed by atoms with van der Waals surface area (Å²) in [5.41, 5.74) is 7.56. The number of benzene rings is 6. The maximum atomic E-state index is 8.72. The molecule has 0 radical (unpaired) electrons. The van der Waals surface area contributed by atoms with Crippen molar-refractivity contribution in [1.29, 1.82) is 0 Å². The van der Waals surface area contributed by atoms with Crippen LogP contribution in [-0.2, 0) is 7.05 Å². The number of para-hydroxylation sites is 2. The molecule has 47 heavy (non-hydrogen) atoms. The van der Waals surface area contributed by atoms with Gasteiger partial charge in [0.1, 0.15) is 0 Å². The average Bonchev–Trinajstić information content (AvgIpc) is 3.67. The lowest BCUT2D eigenvalue weighted by atomic mass is 10.0. The molecule has 9 rings (SSSR count). The van der Waals surface area contributed by atoms with Gasteiger partial charge in [-0.25, -0.2) is 9.97 Å². The van der Waals surface area contributed by atoms with Gasteiger partial charge < -0.3 is 4.57 Å². The zero-order valence-electron chi connectivity index (χ0n) is 30.5. The van der Waals surface area contributed by atoms with E-state index in [1.54, 1.807) is 0 Å². The van der Waals surface area contributed by atoms with Crippen LogP contribution >= 0.6 is 0 Å². The van der Waals surface area contributed by atoms with Crippen LogP contribution in [0.25, 0.3) is 88.4 Å². The lowest BCUT2D eigenvalue weighted by Gasteiger charge is -2.11. The van der Waals surface area contributed by atoms with Crippen molar-refractivity contribution >= 4 is 71.4 Å². The Hall–Kier alpha value is -6.26. The summed E-state index contributed by atoms with van der Waals surface area (Å²) in [5, 5.41) is 7.15. The Morgan fingerprint density at radius 2 is 1.23 bits per heavy atom. The molecule has 0 N–H and O–H groups in total. The Bertz CT molecular complexity index is 3040. The standard InChI is InChI=1S/C43H30N4/c1-3-4-5-6-17-37-34-23-20-28-13-7-8-14-31(28)42(34)45-43(44-37)47-40-19-12-10-16-33(40)36-27-30(22-25-41(36)47)29-21-24-39-35(26-29)32-15-9-11-18-38(32)46(39)2/h3-27H,1H2,2H3/b5-4-,17-6+/i1D,3D,4D,5D,6D/b3-1?,5-4-,17-6+. The number of aromatic nitrogens is 4. The lowest BCUT2D eigenvalue weighted by Crippen LogP contribution is -2.03. The van der Waals surface area contributed by atoms with Crippen LogP contribution in [0.15, 0.2) is 152 Å². The van der Waals surface area contributed by atoms with E-state index >= 15 is 0 Å². The minimum absolute atomic E-state index is 0.286. The van der Waals surface area contributed by atoms with Gasteiger partial charge in [-0.2, -0.15) is 0 Å². The molecule has 4 nitrogen and oxygen atoms in total. The van der Waals surface area contributed by atoms with Crippen LogP contribution in [0.2, 0.25) is 0 Å². The minimum atomic E-state index is -0.502. The molecule has 3 heterocycles. The molecule has 6 aromatic carbocycles. The fourth-order valence-electron chi connectivity index (χ4n) is 6.98. The highest BCUT2D eigenvalue weighted by Crippen LogP contribution is 2.37. The number of hydrogen-bond donors (Lipinski definition) is 0. The molecule has 9 aromatic rings. The summed E-state index contributed by atoms with van der Waals surface area (Å²) in [6.45, 7) is 0.699. The van der Waals surface area contributed by atoms with E-state index in [0.29, 0.717) is 29.1 Å². The van der Waals surface area contributed by atoms with Gasteiger partial charge in [-0.05, 0) is 65.1 Å². The molecule has 0 aliphatic rings. The van der Waals surface area contributed by atoms with E-state index in [1.807, 2.05) is 53.1 Å². The molecule has 3 aromatic heterocycles. The first kappa shape index (κ1) is 22.3. The predicted molar refractivity (Wildman–Crippen MR) is 199 cm³/mol. The number of fused-ring (bicyclic) bond motifs is 9. The fourth-order valence-corrected chi connectivity index (χ4v) is 6.98. The second-order valence-electron chi connectivity index (χ2n) is 11.7. The molecule has 4 heteroatoms. The topological polar surface area (TPSA) is 35.6 Å². The highest BCUT2D eigenvalue weighted by Gasteiger charge is 2.18. The Morgan fingerprint density at radius 1 is 0.596 bits per heavy atom. The molecule has 0 bridgehead atoms. The molecule has 0 atom stereocenters. The molecule has 0 fully saturated rings. The third-order valence-electron chi connectivity index (χ3n) is 9.14. The second-order valence-corrected chi connectivity index (χ2v) is 11.7. The highest BCUT2D eigenvalue weighted by atomic mass is 15.2. The van der Waals surface area contributed by atoms with Gasteiger partial charge in [-0.15, -0.1) is 0 Å². The smallest absolute Gasteiger partial charge is 0.235 e. The number of nitrogens with zero attached hydrogens (tertiary/aromatic N) is 4. The molecular formula is C43H30N4. The summed E-state index contributed by atoms with van der Waals surface area (Å²) in [6.07, 6.45) is 1.45. The van der Waals surface area contributed by atoms with Crippen LogP contribution in [-0.4, -0.2) is 19.1 Å². The van der Waals surface area contributed by atoms with E-state index < -0.39 is 18.2 Å². The van der Waals surface area contributed by atoms with Crippen LogP contribution in [0.5, 0.6) is 0 Å². The quantitative estimate of drug-likeness (QED) is 0.144. The molecule has 0 amide bonds. The SMILES string of the molecule is [2H]C=C([2H])/C([2H])=C([2H])\C([2H])=C\c1nc(-n2c3ccccc3c3cc(-c4ccc5c(c4)c4ccccc4n5C)ccc32)nc2c1ccc1ccccc12. The van der Waals surface area contributed by atoms with Crippen LogP contribution in [0.4, 0.5) is 0 Å². The van der Waals surface area contributed by atoms with Crippen molar-refractivity contribution in [1.82, 2.24) is 19.1 Å². The van der Waals surface area contributed by atoms with Crippen molar-refractivity contribution in [2.24, 2.45) is 7.05 Å². The molecule has 0 saturated heterocycles. The van der Waals surface area contributed by atoms with Crippen molar-refractivity contribution < 1.29 is 6.85 Å². The molecule has 0 unspecified atom stereocenters. The summed E-state index contributed by atoms with van der Waals surface area (Å²) < 4.78 is 44.8. The van der Waals surface area contributed by atoms with Crippen molar-refractivity contribution in [3.8, 4) is 17.1 Å². The first-order valence-corrected chi connectivity index (χ1v) is 15.4. The van der Waals surface area contributed by atoms with E-state index in [1.165, 1.54) is 27.9 Å². The van der Waals surface area contributed by atoms with Crippen molar-refractivity contribution in [2.45, 2.75) is 0 Å². The summed E-state index contributed by atoms with van der Waals surface area (Å²) >= 11 is 0. The van der Waals surface area contributed by atoms with Gasteiger partial charge in [0, 0.05) is 50.4 Å². The first-order valence-electron chi connectivity index (χ1n) is 18.0. The first-order chi connectivity index (χ1) is 25.3. The van der Waals surface area contributed by atoms with Gasteiger partial charge in [-0.3, -0.25) is 4.57 Å². The van der Waals surface area contributed by atoms with Gasteiger partial charge in [0.15, 0.2) is 0 Å². The third kappa shape index (κ3) is 4.23. The Kier molecular flexibility index (Phi) is 5.06. The van der Waals surface area contributed by atoms with Gasteiger partial charge >= 0.3 is 0 Å². The normalized spacial score (nSPS) is 14.9. The van der Waals surface area contributed by atoms with E-state index in [4.69, 9.17) is 16.8 Å². The summed E-state index contributed by atoms with van der Waals surface area (Å²) in [7, 11) is 2.11. The van der Waals surface area contributed by atoms with Crippen molar-refractivity contribution in [2.75, 3.05) is 0 Å². The second kappa shape index (κ2) is 10.7. The maximum Gasteiger partial charge on any atom is 0.235 e. The zero-order valence-corrected chi connectivity index (χ0v) is 25.5. The lowest BCUT2D eigenvalue weighted by molar-refractivity contribution is 1.01. The van der Waals surface area contributed by atoms with Crippen LogP contribution in [0.3, 0.4) is 0 Å². The molecule has 0 saturated carbocycles. The Labute approximate surface area is 278 Å². The van der Waals surface area contributed by atoms with Gasteiger partial charge in [0.05, 0.1) is 29.1 Å². The van der Waals surface area contributed by atoms with Gasteiger partial charge in [0.25, 0.3) is 0 Å². The van der Waals surface area contributed by atoms with Crippen LogP contribution in [0.1, 0.15) is 12.5 Å². The van der Waals surface area contributed by atoms with Crippen LogP contribution in [0, 0.1) is 0 Å². The number of allylic oxidation sites excluding steroid dienone is 4. The average molecular weight is 608 g/mol. The Morgan fingerprint density at radius 3 is 2.04 bits per heavy atom. The highest BCUT2D eigenvalue weighted by molar-refractivity contribution is 6.12. The Balaban J connectivity index is 1.28. The largest absolute Gasteiger partial charge is 0.344 e. The number of hydrogen-bond acceptors (Lipinski definition) is 2. The fraction of sp³-hybridized carbons (Fsp3) is 0.0233. The minimum Gasteiger partial charge on any atom is -0.344 e. The number of rotatable bonds is 5. The molecule has 0 aliphatic heterocycles. The van der Waals surface area contributed by atoms with E-state index in [2.05, 4.69) is 84.4 Å². The molecule has 222 valence electrons. The zero-order chi connectivity index (χ0) is 35.7. The predicted octanol–water partition coefficient (Wildman–Crippen LogP) is 10.9. The maximum absolute atomic E-state index is 8.72. The molecule has 0 aliphatic carbocycles. The van der Waals surface area contributed by atoms with Crippen LogP contribution < -0.4 is 0 Å². The van der Waals surface area contributed by atoms with E-state index in [9.17, 15) is 0 Å². The van der Waals surface area contributed by atoms with Crippen molar-refractivity contribution in [3.63, 3.8) is 0 Å². The third-order valence-corrected chi connectivity index (χ3v) is 9.14. The monoisotopic (exact) mass is 607 g/mol. The number of aryl methyl sites for hydroxylation is 1.